The van der Waals surface area contributed by atoms with Crippen molar-refractivity contribution in [2.45, 2.75) is 18.9 Å². The van der Waals surface area contributed by atoms with Gasteiger partial charge in [-0.2, -0.15) is 5.26 Å². The van der Waals surface area contributed by atoms with Crippen molar-refractivity contribution in [2.75, 3.05) is 5.32 Å². The van der Waals surface area contributed by atoms with Crippen LogP contribution in [0.2, 0.25) is 0 Å². The summed E-state index contributed by atoms with van der Waals surface area (Å²) in [5.41, 5.74) is 1.16. The van der Waals surface area contributed by atoms with E-state index in [1.54, 1.807) is 11.6 Å². The van der Waals surface area contributed by atoms with E-state index >= 15 is 0 Å². The summed E-state index contributed by atoms with van der Waals surface area (Å²) < 4.78 is 6.02. The number of carbonyl (C=O) groups is 1. The Balaban J connectivity index is 1.35. The van der Waals surface area contributed by atoms with Gasteiger partial charge in [0.05, 0.1) is 0 Å². The van der Waals surface area contributed by atoms with Gasteiger partial charge in [-0.05, 0) is 25.0 Å². The van der Waals surface area contributed by atoms with Crippen molar-refractivity contribution in [3.8, 4) is 11.8 Å². The van der Waals surface area contributed by atoms with Gasteiger partial charge in [-0.15, -0.1) is 11.3 Å². The van der Waals surface area contributed by atoms with Gasteiger partial charge in [-0.1, -0.05) is 18.2 Å². The number of hydrogen-bond acceptors (Lipinski definition) is 6. The molecule has 0 aliphatic heterocycles. The van der Waals surface area contributed by atoms with Crippen LogP contribution >= 0.6 is 11.3 Å². The molecule has 0 saturated heterocycles. The molecule has 1 amide bonds. The van der Waals surface area contributed by atoms with E-state index in [0.717, 1.165) is 16.7 Å². The Morgan fingerprint density at radius 2 is 2.16 bits per heavy atom. The molecule has 25 heavy (non-hydrogen) atoms. The Hall–Kier alpha value is -2.98. The van der Waals surface area contributed by atoms with E-state index in [1.165, 1.54) is 11.3 Å². The second-order valence-electron chi connectivity index (χ2n) is 5.88. The van der Waals surface area contributed by atoms with E-state index in [9.17, 15) is 4.79 Å². The molecular formula is C18H14N4O2S. The van der Waals surface area contributed by atoms with E-state index in [2.05, 4.69) is 15.3 Å². The Bertz CT molecular complexity index is 967. The summed E-state index contributed by atoms with van der Waals surface area (Å²) in [7, 11) is 0. The van der Waals surface area contributed by atoms with Crippen LogP contribution in [0.4, 0.5) is 5.13 Å². The molecule has 1 aliphatic rings. The van der Waals surface area contributed by atoms with Gasteiger partial charge in [0, 0.05) is 22.9 Å². The normalized spacial score (nSPS) is 19.0. The molecule has 1 saturated carbocycles. The summed E-state index contributed by atoms with van der Waals surface area (Å²) >= 11 is 1.25. The van der Waals surface area contributed by atoms with Crippen LogP contribution in [0.15, 0.2) is 41.9 Å². The number of nitrogens with zero attached hydrogens (tertiary/aromatic N) is 3. The minimum absolute atomic E-state index is 0.00863. The number of fused-ring (bicyclic) bond motifs is 1. The summed E-state index contributed by atoms with van der Waals surface area (Å²) in [5.74, 6) is 0.581. The maximum atomic E-state index is 12.2. The molecule has 2 heterocycles. The molecule has 2 aromatic heterocycles. The lowest BCUT2D eigenvalue weighted by Crippen LogP contribution is -2.40. The van der Waals surface area contributed by atoms with Crippen LogP contribution in [0.25, 0.3) is 10.9 Å². The van der Waals surface area contributed by atoms with Crippen molar-refractivity contribution < 1.29 is 9.53 Å². The predicted octanol–water partition coefficient (Wildman–Crippen LogP) is 3.36. The molecule has 0 atom stereocenters. The number of thiazole rings is 1. The fourth-order valence-electron chi connectivity index (χ4n) is 2.82. The van der Waals surface area contributed by atoms with Crippen LogP contribution in [0, 0.1) is 17.2 Å². The third-order valence-corrected chi connectivity index (χ3v) is 4.96. The Morgan fingerprint density at radius 3 is 2.96 bits per heavy atom. The zero-order valence-electron chi connectivity index (χ0n) is 13.2. The Kier molecular flexibility index (Phi) is 4.04. The van der Waals surface area contributed by atoms with Crippen LogP contribution in [-0.4, -0.2) is 22.0 Å². The van der Waals surface area contributed by atoms with Gasteiger partial charge >= 0.3 is 0 Å². The summed E-state index contributed by atoms with van der Waals surface area (Å²) in [6.07, 6.45) is 3.07. The molecule has 6 nitrogen and oxygen atoms in total. The lowest BCUT2D eigenvalue weighted by atomic mass is 9.81. The predicted molar refractivity (Wildman–Crippen MR) is 94.3 cm³/mol. The SMILES string of the molecule is N#Cc1csc(NC(=O)[C@H]2C[C@H](Oc3cccc4cccnc34)C2)n1. The largest absolute Gasteiger partial charge is 0.488 e. The highest BCUT2D eigenvalue weighted by Crippen LogP contribution is 2.34. The standard InChI is InChI=1S/C18H14N4O2S/c19-9-13-10-25-18(21-13)22-17(23)12-7-14(8-12)24-15-5-1-3-11-4-2-6-20-16(11)15/h1-6,10,12,14H,7-8H2,(H,21,22,23)/t12-,14-. The smallest absolute Gasteiger partial charge is 0.229 e. The molecule has 0 radical (unpaired) electrons. The number of rotatable bonds is 4. The van der Waals surface area contributed by atoms with Gasteiger partial charge in [0.25, 0.3) is 0 Å². The first-order valence-corrected chi connectivity index (χ1v) is 8.78. The van der Waals surface area contributed by atoms with Crippen LogP contribution in [0.1, 0.15) is 18.5 Å². The number of ether oxygens (including phenoxy) is 1. The van der Waals surface area contributed by atoms with Gasteiger partial charge in [-0.25, -0.2) is 4.98 Å². The van der Waals surface area contributed by atoms with Gasteiger partial charge in [0.15, 0.2) is 10.8 Å². The van der Waals surface area contributed by atoms with Crippen LogP contribution < -0.4 is 10.1 Å². The van der Waals surface area contributed by atoms with E-state index in [1.807, 2.05) is 36.4 Å². The Morgan fingerprint density at radius 1 is 1.32 bits per heavy atom. The van der Waals surface area contributed by atoms with Crippen LogP contribution in [-0.2, 0) is 4.79 Å². The zero-order chi connectivity index (χ0) is 17.2. The number of pyridine rings is 1. The fraction of sp³-hybridized carbons (Fsp3) is 0.222. The Labute approximate surface area is 148 Å². The maximum Gasteiger partial charge on any atom is 0.229 e. The topological polar surface area (TPSA) is 87.9 Å². The first-order valence-electron chi connectivity index (χ1n) is 7.90. The maximum absolute atomic E-state index is 12.2. The summed E-state index contributed by atoms with van der Waals surface area (Å²) in [5, 5.41) is 14.6. The molecule has 7 heteroatoms. The summed E-state index contributed by atoms with van der Waals surface area (Å²) in [4.78, 5) is 20.6. The number of para-hydroxylation sites is 1. The van der Waals surface area contributed by atoms with Crippen molar-refractivity contribution in [3.63, 3.8) is 0 Å². The molecule has 1 aromatic carbocycles. The number of nitriles is 1. The van der Waals surface area contributed by atoms with E-state index in [0.29, 0.717) is 23.7 Å². The van der Waals surface area contributed by atoms with Gasteiger partial charge < -0.3 is 10.1 Å². The summed E-state index contributed by atoms with van der Waals surface area (Å²) in [6, 6.07) is 11.7. The number of nitrogens with one attached hydrogen (secondary N) is 1. The van der Waals surface area contributed by atoms with E-state index < -0.39 is 0 Å². The van der Waals surface area contributed by atoms with E-state index in [4.69, 9.17) is 10.00 Å². The molecule has 0 spiro atoms. The van der Waals surface area contributed by atoms with E-state index in [-0.39, 0.29) is 17.9 Å². The average Bonchev–Trinajstić information content (AvgIpc) is 3.05. The number of hydrogen-bond donors (Lipinski definition) is 1. The fourth-order valence-corrected chi connectivity index (χ4v) is 3.46. The molecular weight excluding hydrogens is 336 g/mol. The molecule has 0 unspecified atom stereocenters. The highest BCUT2D eigenvalue weighted by molar-refractivity contribution is 7.14. The lowest BCUT2D eigenvalue weighted by molar-refractivity contribution is -0.125. The first kappa shape index (κ1) is 15.5. The third kappa shape index (κ3) is 3.16. The third-order valence-electron chi connectivity index (χ3n) is 4.20. The lowest BCUT2D eigenvalue weighted by Gasteiger charge is -2.34. The highest BCUT2D eigenvalue weighted by Gasteiger charge is 2.36. The van der Waals surface area contributed by atoms with Crippen LogP contribution in [0.5, 0.6) is 5.75 Å². The molecule has 124 valence electrons. The van der Waals surface area contributed by atoms with Crippen LogP contribution in [0.3, 0.4) is 0 Å². The van der Waals surface area contributed by atoms with Crippen molar-refractivity contribution in [3.05, 3.63) is 47.6 Å². The molecule has 0 bridgehead atoms. The molecule has 1 aliphatic carbocycles. The van der Waals surface area contributed by atoms with Crippen molar-refractivity contribution in [1.29, 1.82) is 5.26 Å². The molecule has 1 fully saturated rings. The van der Waals surface area contributed by atoms with Crippen molar-refractivity contribution in [1.82, 2.24) is 9.97 Å². The van der Waals surface area contributed by atoms with Gasteiger partial charge in [0.1, 0.15) is 23.4 Å². The zero-order valence-corrected chi connectivity index (χ0v) is 14.0. The molecule has 1 N–H and O–H groups in total. The quantitative estimate of drug-likeness (QED) is 0.779. The number of amides is 1. The second kappa shape index (κ2) is 6.49. The number of carbonyl (C=O) groups excluding carboxylic acids is 1. The minimum Gasteiger partial charge on any atom is -0.488 e. The van der Waals surface area contributed by atoms with Crippen molar-refractivity contribution in [2.24, 2.45) is 5.92 Å². The monoisotopic (exact) mass is 350 g/mol. The average molecular weight is 350 g/mol. The second-order valence-corrected chi connectivity index (χ2v) is 6.74. The molecule has 3 aromatic rings. The van der Waals surface area contributed by atoms with Gasteiger partial charge in [0.2, 0.25) is 5.91 Å². The first-order chi connectivity index (χ1) is 12.2. The number of anilines is 1. The van der Waals surface area contributed by atoms with Gasteiger partial charge in [-0.3, -0.25) is 9.78 Å². The summed E-state index contributed by atoms with van der Waals surface area (Å²) in [6.45, 7) is 0. The highest BCUT2D eigenvalue weighted by atomic mass is 32.1. The number of benzene rings is 1. The van der Waals surface area contributed by atoms with Crippen molar-refractivity contribution >= 4 is 33.3 Å². The number of aromatic nitrogens is 2. The molecule has 4 rings (SSSR count). The minimum atomic E-state index is -0.0950.